The molecule has 3 rings (SSSR count). The number of furan rings is 1. The predicted molar refractivity (Wildman–Crippen MR) is 91.1 cm³/mol. The lowest BCUT2D eigenvalue weighted by molar-refractivity contribution is 0.340. The summed E-state index contributed by atoms with van der Waals surface area (Å²) in [6.45, 7) is 2.21. The summed E-state index contributed by atoms with van der Waals surface area (Å²) < 4.78 is 5.44. The van der Waals surface area contributed by atoms with Crippen molar-refractivity contribution in [3.63, 3.8) is 0 Å². The Balaban J connectivity index is 1.99. The second kappa shape index (κ2) is 6.50. The van der Waals surface area contributed by atoms with Crippen LogP contribution in [0.3, 0.4) is 0 Å². The van der Waals surface area contributed by atoms with E-state index >= 15 is 0 Å². The Kier molecular flexibility index (Phi) is 4.45. The van der Waals surface area contributed by atoms with Gasteiger partial charge < -0.3 is 9.32 Å². The van der Waals surface area contributed by atoms with Crippen LogP contribution in [0.25, 0.3) is 22.5 Å². The number of hydrogen-bond donors (Lipinski definition) is 0. The molecule has 0 aliphatic rings. The first-order chi connectivity index (χ1) is 10.6. The van der Waals surface area contributed by atoms with Crippen LogP contribution in [0.4, 0.5) is 0 Å². The van der Waals surface area contributed by atoms with Gasteiger partial charge in [0.1, 0.15) is 5.03 Å². The van der Waals surface area contributed by atoms with E-state index < -0.39 is 0 Å². The third-order valence-corrected chi connectivity index (χ3v) is 4.89. The number of aromatic nitrogens is 2. The summed E-state index contributed by atoms with van der Waals surface area (Å²) in [5.74, 6) is 2.32. The molecule has 0 radical (unpaired) electrons. The van der Waals surface area contributed by atoms with Crippen LogP contribution in [0.2, 0.25) is 0 Å². The average molecular weight is 313 g/mol. The first-order valence-corrected chi connectivity index (χ1v) is 8.23. The highest BCUT2D eigenvalue weighted by Gasteiger charge is 2.13. The van der Waals surface area contributed by atoms with Gasteiger partial charge >= 0.3 is 0 Å². The molecule has 0 fully saturated rings. The van der Waals surface area contributed by atoms with E-state index in [-0.39, 0.29) is 0 Å². The average Bonchev–Trinajstić information content (AvgIpc) is 3.06. The maximum atomic E-state index is 5.44. The lowest BCUT2D eigenvalue weighted by atomic mass is 10.2. The number of thioether (sulfide) groups is 1. The van der Waals surface area contributed by atoms with E-state index in [0.717, 1.165) is 21.7 Å². The van der Waals surface area contributed by atoms with Crippen molar-refractivity contribution >= 4 is 22.7 Å². The molecule has 0 N–H and O–H groups in total. The highest BCUT2D eigenvalue weighted by molar-refractivity contribution is 7.99. The molecule has 3 aromatic rings. The molecule has 0 bridgehead atoms. The number of para-hydroxylation sites is 1. The fraction of sp³-hybridized carbons (Fsp3) is 0.294. The second-order valence-corrected chi connectivity index (χ2v) is 6.48. The van der Waals surface area contributed by atoms with Gasteiger partial charge in [0.2, 0.25) is 0 Å². The Morgan fingerprint density at radius 3 is 2.68 bits per heavy atom. The highest BCUT2D eigenvalue weighted by atomic mass is 32.2. The summed E-state index contributed by atoms with van der Waals surface area (Å²) in [6, 6.07) is 12.3. The molecular weight excluding hydrogens is 294 g/mol. The van der Waals surface area contributed by atoms with Crippen LogP contribution in [-0.4, -0.2) is 40.8 Å². The summed E-state index contributed by atoms with van der Waals surface area (Å²) in [5.41, 5.74) is 0.948. The molecule has 0 aliphatic heterocycles. The standard InChI is InChI=1S/C17H19N3OS/c1-12(20(2)3)11-22-17-13-7-4-5-8-14(13)18-16(19-17)15-9-6-10-21-15/h4-10,12H,11H2,1-3H3/t12-/m1/s1. The molecule has 22 heavy (non-hydrogen) atoms. The van der Waals surface area contributed by atoms with E-state index in [1.54, 1.807) is 18.0 Å². The highest BCUT2D eigenvalue weighted by Crippen LogP contribution is 2.29. The van der Waals surface area contributed by atoms with E-state index in [0.29, 0.717) is 17.6 Å². The summed E-state index contributed by atoms with van der Waals surface area (Å²) in [4.78, 5) is 11.5. The van der Waals surface area contributed by atoms with Crippen LogP contribution in [0, 0.1) is 0 Å². The van der Waals surface area contributed by atoms with Crippen LogP contribution in [0.15, 0.2) is 52.1 Å². The monoisotopic (exact) mass is 313 g/mol. The van der Waals surface area contributed by atoms with E-state index in [2.05, 4.69) is 37.0 Å². The molecule has 1 aromatic carbocycles. The first kappa shape index (κ1) is 15.1. The van der Waals surface area contributed by atoms with Crippen molar-refractivity contribution in [2.24, 2.45) is 0 Å². The predicted octanol–water partition coefficient (Wildman–Crippen LogP) is 3.93. The zero-order valence-corrected chi connectivity index (χ0v) is 13.8. The van der Waals surface area contributed by atoms with Crippen LogP contribution < -0.4 is 0 Å². The van der Waals surface area contributed by atoms with Gasteiger partial charge in [-0.05, 0) is 39.2 Å². The van der Waals surface area contributed by atoms with E-state index in [9.17, 15) is 0 Å². The van der Waals surface area contributed by atoms with E-state index in [1.165, 1.54) is 0 Å². The topological polar surface area (TPSA) is 42.2 Å². The van der Waals surface area contributed by atoms with Gasteiger partial charge in [-0.2, -0.15) is 0 Å². The third kappa shape index (κ3) is 3.15. The number of rotatable bonds is 5. The summed E-state index contributed by atoms with van der Waals surface area (Å²) in [7, 11) is 4.19. The second-order valence-electron chi connectivity index (χ2n) is 5.47. The van der Waals surface area contributed by atoms with Crippen LogP contribution >= 0.6 is 11.8 Å². The third-order valence-electron chi connectivity index (χ3n) is 3.65. The largest absolute Gasteiger partial charge is 0.461 e. The van der Waals surface area contributed by atoms with Crippen molar-refractivity contribution in [1.82, 2.24) is 14.9 Å². The molecule has 0 amide bonds. The Morgan fingerprint density at radius 1 is 1.14 bits per heavy atom. The molecule has 2 heterocycles. The summed E-state index contributed by atoms with van der Waals surface area (Å²) in [5, 5.41) is 2.10. The molecule has 114 valence electrons. The van der Waals surface area contributed by atoms with Gasteiger partial charge in [0.25, 0.3) is 0 Å². The Morgan fingerprint density at radius 2 is 1.95 bits per heavy atom. The van der Waals surface area contributed by atoms with Gasteiger partial charge in [0.05, 0.1) is 11.8 Å². The molecule has 4 nitrogen and oxygen atoms in total. The maximum Gasteiger partial charge on any atom is 0.197 e. The van der Waals surface area contributed by atoms with Gasteiger partial charge in [0, 0.05) is 17.2 Å². The van der Waals surface area contributed by atoms with Crippen molar-refractivity contribution in [2.75, 3.05) is 19.8 Å². The fourth-order valence-electron chi connectivity index (χ4n) is 2.02. The van der Waals surface area contributed by atoms with Crippen LogP contribution in [0.1, 0.15) is 6.92 Å². The Bertz CT molecular complexity index is 756. The minimum atomic E-state index is 0.478. The zero-order chi connectivity index (χ0) is 15.5. The zero-order valence-electron chi connectivity index (χ0n) is 13.0. The Hall–Kier alpha value is -1.85. The number of fused-ring (bicyclic) bond motifs is 1. The molecule has 5 heteroatoms. The van der Waals surface area contributed by atoms with Crippen molar-refractivity contribution in [3.05, 3.63) is 42.7 Å². The summed E-state index contributed by atoms with van der Waals surface area (Å²) >= 11 is 1.76. The van der Waals surface area contributed by atoms with Crippen molar-refractivity contribution < 1.29 is 4.42 Å². The minimum Gasteiger partial charge on any atom is -0.461 e. The molecule has 2 aromatic heterocycles. The Labute approximate surface area is 134 Å². The van der Waals surface area contributed by atoms with Crippen LogP contribution in [0.5, 0.6) is 0 Å². The van der Waals surface area contributed by atoms with Crippen molar-refractivity contribution in [1.29, 1.82) is 0 Å². The molecule has 0 unspecified atom stereocenters. The van der Waals surface area contributed by atoms with Gasteiger partial charge in [-0.1, -0.05) is 18.2 Å². The fourth-order valence-corrected chi connectivity index (χ4v) is 3.20. The maximum absolute atomic E-state index is 5.44. The lowest BCUT2D eigenvalue weighted by Crippen LogP contribution is -2.26. The van der Waals surface area contributed by atoms with Gasteiger partial charge in [-0.25, -0.2) is 9.97 Å². The lowest BCUT2D eigenvalue weighted by Gasteiger charge is -2.19. The van der Waals surface area contributed by atoms with Crippen molar-refractivity contribution in [3.8, 4) is 11.6 Å². The molecule has 0 spiro atoms. The molecule has 0 saturated carbocycles. The van der Waals surface area contributed by atoms with Gasteiger partial charge in [-0.3, -0.25) is 0 Å². The van der Waals surface area contributed by atoms with E-state index in [4.69, 9.17) is 9.40 Å². The quantitative estimate of drug-likeness (QED) is 0.527. The molecule has 0 saturated heterocycles. The number of nitrogens with zero attached hydrogens (tertiary/aromatic N) is 3. The number of hydrogen-bond acceptors (Lipinski definition) is 5. The molecule has 0 aliphatic carbocycles. The minimum absolute atomic E-state index is 0.478. The molecular formula is C17H19N3OS. The molecule has 1 atom stereocenters. The SMILES string of the molecule is C[C@H](CSc1nc(-c2ccco2)nc2ccccc12)N(C)C. The summed E-state index contributed by atoms with van der Waals surface area (Å²) in [6.07, 6.45) is 1.65. The van der Waals surface area contributed by atoms with Crippen LogP contribution in [-0.2, 0) is 0 Å². The van der Waals surface area contributed by atoms with Gasteiger partial charge in [0.15, 0.2) is 11.6 Å². The van der Waals surface area contributed by atoms with Gasteiger partial charge in [-0.15, -0.1) is 11.8 Å². The first-order valence-electron chi connectivity index (χ1n) is 7.25. The van der Waals surface area contributed by atoms with Crippen molar-refractivity contribution in [2.45, 2.75) is 18.0 Å². The number of benzene rings is 1. The normalized spacial score (nSPS) is 12.9. The van der Waals surface area contributed by atoms with E-state index in [1.807, 2.05) is 30.3 Å². The smallest absolute Gasteiger partial charge is 0.197 e.